The van der Waals surface area contributed by atoms with E-state index in [-0.39, 0.29) is 0 Å². The maximum Gasteiger partial charge on any atom is 0.00387 e. The normalized spacial score (nSPS) is 12.5. The van der Waals surface area contributed by atoms with Crippen LogP contribution in [-0.2, 0) is 0 Å². The van der Waals surface area contributed by atoms with E-state index in [2.05, 4.69) is 38.2 Å². The SMILES string of the molecule is [CH]CNCC(C)(C)CN(C)C. The molecule has 0 spiro atoms. The summed E-state index contributed by atoms with van der Waals surface area (Å²) in [6, 6.07) is 0. The van der Waals surface area contributed by atoms with Gasteiger partial charge in [-0.2, -0.15) is 0 Å². The zero-order valence-corrected chi connectivity index (χ0v) is 8.15. The third kappa shape index (κ3) is 6.32. The molecule has 0 aliphatic carbocycles. The van der Waals surface area contributed by atoms with Gasteiger partial charge in [0.1, 0.15) is 0 Å². The number of nitrogens with one attached hydrogen (secondary N) is 1. The molecule has 0 rings (SSSR count). The standard InChI is InChI=1S/C9H20N2/c1-6-10-7-9(2,3)8-11(4)5/h1,10H,6-8H2,2-5H3. The van der Waals surface area contributed by atoms with E-state index in [4.69, 9.17) is 6.92 Å². The van der Waals surface area contributed by atoms with E-state index in [1.54, 1.807) is 0 Å². The summed E-state index contributed by atoms with van der Waals surface area (Å²) in [6.45, 7) is 12.4. The maximum absolute atomic E-state index is 5.34. The van der Waals surface area contributed by atoms with Crippen LogP contribution in [0.25, 0.3) is 0 Å². The van der Waals surface area contributed by atoms with E-state index in [9.17, 15) is 0 Å². The van der Waals surface area contributed by atoms with Crippen LogP contribution in [0.4, 0.5) is 0 Å². The van der Waals surface area contributed by atoms with Gasteiger partial charge in [-0.3, -0.25) is 0 Å². The van der Waals surface area contributed by atoms with Crippen LogP contribution in [0.5, 0.6) is 0 Å². The number of hydrogen-bond donors (Lipinski definition) is 1. The maximum atomic E-state index is 5.34. The second-order valence-corrected chi connectivity index (χ2v) is 4.03. The summed E-state index contributed by atoms with van der Waals surface area (Å²) < 4.78 is 0. The highest BCUT2D eigenvalue weighted by molar-refractivity contribution is 4.73. The molecule has 0 fully saturated rings. The van der Waals surface area contributed by atoms with Crippen molar-refractivity contribution < 1.29 is 0 Å². The van der Waals surface area contributed by atoms with Gasteiger partial charge in [0.05, 0.1) is 0 Å². The van der Waals surface area contributed by atoms with Crippen LogP contribution in [0, 0.1) is 12.3 Å². The van der Waals surface area contributed by atoms with Crippen LogP contribution in [0.3, 0.4) is 0 Å². The molecule has 0 bridgehead atoms. The largest absolute Gasteiger partial charge is 0.316 e. The first kappa shape index (κ1) is 10.9. The number of rotatable bonds is 5. The molecule has 0 aromatic carbocycles. The average molecular weight is 156 g/mol. The topological polar surface area (TPSA) is 15.3 Å². The van der Waals surface area contributed by atoms with Crippen LogP contribution in [-0.4, -0.2) is 38.6 Å². The average Bonchev–Trinajstić information content (AvgIpc) is 1.81. The van der Waals surface area contributed by atoms with Crippen molar-refractivity contribution in [3.8, 4) is 0 Å². The Labute approximate surface area is 71.0 Å². The monoisotopic (exact) mass is 156 g/mol. The minimum Gasteiger partial charge on any atom is -0.316 e. The molecule has 0 aliphatic rings. The fourth-order valence-electron chi connectivity index (χ4n) is 1.32. The molecule has 0 aliphatic heterocycles. The van der Waals surface area contributed by atoms with Gasteiger partial charge in [-0.15, -0.1) is 0 Å². The molecule has 0 aromatic heterocycles. The lowest BCUT2D eigenvalue weighted by Crippen LogP contribution is -2.37. The van der Waals surface area contributed by atoms with Gasteiger partial charge in [0.25, 0.3) is 0 Å². The minimum absolute atomic E-state index is 0.308. The third-order valence-electron chi connectivity index (χ3n) is 1.49. The zero-order valence-electron chi connectivity index (χ0n) is 8.15. The molecule has 2 radical (unpaired) electrons. The Balaban J connectivity index is 3.61. The van der Waals surface area contributed by atoms with Crippen LogP contribution < -0.4 is 5.32 Å². The summed E-state index contributed by atoms with van der Waals surface area (Å²) >= 11 is 0. The summed E-state index contributed by atoms with van der Waals surface area (Å²) in [5, 5.41) is 3.14. The van der Waals surface area contributed by atoms with E-state index in [1.165, 1.54) is 0 Å². The minimum atomic E-state index is 0.308. The Kier molecular flexibility index (Phi) is 4.69. The van der Waals surface area contributed by atoms with E-state index < -0.39 is 0 Å². The molecule has 0 atom stereocenters. The molecule has 0 unspecified atom stereocenters. The Hall–Kier alpha value is -0.0800. The molecule has 0 heterocycles. The van der Waals surface area contributed by atoms with Gasteiger partial charge in [0.15, 0.2) is 0 Å². The van der Waals surface area contributed by atoms with Crippen molar-refractivity contribution in [1.29, 1.82) is 0 Å². The van der Waals surface area contributed by atoms with Gasteiger partial charge in [-0.05, 0) is 33.0 Å². The van der Waals surface area contributed by atoms with Crippen molar-refractivity contribution in [1.82, 2.24) is 10.2 Å². The van der Waals surface area contributed by atoms with Gasteiger partial charge in [-0.1, -0.05) is 13.8 Å². The summed E-state index contributed by atoms with van der Waals surface area (Å²) in [5.74, 6) is 0. The molecule has 0 aromatic rings. The highest BCUT2D eigenvalue weighted by Crippen LogP contribution is 2.13. The van der Waals surface area contributed by atoms with Crippen molar-refractivity contribution >= 4 is 0 Å². The van der Waals surface area contributed by atoms with E-state index >= 15 is 0 Å². The predicted molar refractivity (Wildman–Crippen MR) is 49.5 cm³/mol. The first-order chi connectivity index (χ1) is 4.98. The third-order valence-corrected chi connectivity index (χ3v) is 1.49. The van der Waals surface area contributed by atoms with Crippen molar-refractivity contribution in [3.63, 3.8) is 0 Å². The summed E-state index contributed by atoms with van der Waals surface area (Å²) in [7, 11) is 4.17. The molecular weight excluding hydrogens is 136 g/mol. The second kappa shape index (κ2) is 4.73. The second-order valence-electron chi connectivity index (χ2n) is 4.03. The molecule has 11 heavy (non-hydrogen) atoms. The Morgan fingerprint density at radius 1 is 1.36 bits per heavy atom. The Bertz CT molecular complexity index is 97.7. The highest BCUT2D eigenvalue weighted by Gasteiger charge is 2.17. The number of nitrogens with zero attached hydrogens (tertiary/aromatic N) is 1. The molecule has 2 nitrogen and oxygen atoms in total. The lowest BCUT2D eigenvalue weighted by atomic mass is 9.93. The van der Waals surface area contributed by atoms with Crippen LogP contribution in [0.15, 0.2) is 0 Å². The van der Waals surface area contributed by atoms with Crippen LogP contribution >= 0.6 is 0 Å². The van der Waals surface area contributed by atoms with Crippen LogP contribution in [0.1, 0.15) is 13.8 Å². The first-order valence-corrected chi connectivity index (χ1v) is 4.03. The highest BCUT2D eigenvalue weighted by atomic mass is 15.1. The van der Waals surface area contributed by atoms with Crippen molar-refractivity contribution in [2.45, 2.75) is 13.8 Å². The van der Waals surface area contributed by atoms with Gasteiger partial charge in [0.2, 0.25) is 0 Å². The summed E-state index contributed by atoms with van der Waals surface area (Å²) in [6.07, 6.45) is 0. The van der Waals surface area contributed by atoms with E-state index in [0.717, 1.165) is 13.1 Å². The van der Waals surface area contributed by atoms with Crippen molar-refractivity contribution in [3.05, 3.63) is 6.92 Å². The number of hydrogen-bond acceptors (Lipinski definition) is 2. The lowest BCUT2D eigenvalue weighted by molar-refractivity contribution is 0.235. The smallest absolute Gasteiger partial charge is 0.00387 e. The van der Waals surface area contributed by atoms with Gasteiger partial charge < -0.3 is 10.2 Å². The van der Waals surface area contributed by atoms with Gasteiger partial charge in [0, 0.05) is 13.1 Å². The lowest BCUT2D eigenvalue weighted by Gasteiger charge is -2.28. The zero-order chi connectivity index (χ0) is 8.91. The Morgan fingerprint density at radius 3 is 2.27 bits per heavy atom. The molecular formula is C9H20N2. The quantitative estimate of drug-likeness (QED) is 0.635. The Morgan fingerprint density at radius 2 is 1.91 bits per heavy atom. The van der Waals surface area contributed by atoms with E-state index in [1.807, 2.05) is 0 Å². The van der Waals surface area contributed by atoms with Crippen molar-refractivity contribution in [2.24, 2.45) is 5.41 Å². The van der Waals surface area contributed by atoms with Crippen molar-refractivity contribution in [2.75, 3.05) is 33.7 Å². The fourth-order valence-corrected chi connectivity index (χ4v) is 1.32. The van der Waals surface area contributed by atoms with Gasteiger partial charge in [-0.25, -0.2) is 0 Å². The molecule has 2 heteroatoms. The van der Waals surface area contributed by atoms with Gasteiger partial charge >= 0.3 is 0 Å². The van der Waals surface area contributed by atoms with Crippen LogP contribution in [0.2, 0.25) is 0 Å². The summed E-state index contributed by atoms with van der Waals surface area (Å²) in [4.78, 5) is 2.19. The van der Waals surface area contributed by atoms with E-state index in [0.29, 0.717) is 12.0 Å². The molecule has 66 valence electrons. The molecule has 0 saturated heterocycles. The fraction of sp³-hybridized carbons (Fsp3) is 0.889. The predicted octanol–water partition coefficient (Wildman–Crippen LogP) is 0.875. The molecule has 0 amide bonds. The molecule has 0 saturated carbocycles. The first-order valence-electron chi connectivity index (χ1n) is 4.03. The molecule has 1 N–H and O–H groups in total. The summed E-state index contributed by atoms with van der Waals surface area (Å²) in [5.41, 5.74) is 0.308.